The van der Waals surface area contributed by atoms with E-state index in [4.69, 9.17) is 5.73 Å². The molecule has 0 fully saturated rings. The fourth-order valence-corrected chi connectivity index (χ4v) is 1.81. The first kappa shape index (κ1) is 11.0. The van der Waals surface area contributed by atoms with Crippen LogP contribution in [-0.4, -0.2) is 4.98 Å². The minimum absolute atomic E-state index is 0.550. The first-order valence-electron chi connectivity index (χ1n) is 4.94. The molecule has 0 unspecified atom stereocenters. The van der Waals surface area contributed by atoms with Crippen molar-refractivity contribution in [1.82, 2.24) is 4.98 Å². The first-order valence-corrected chi connectivity index (χ1v) is 5.73. The number of hydrogen-bond donors (Lipinski definition) is 2. The molecular weight excluding hydrogens is 266 g/mol. The Morgan fingerprint density at radius 1 is 1.25 bits per heavy atom. The SMILES string of the molecule is Nc1cc(CNc2cccc(Br)c2)ccn1. The maximum atomic E-state index is 5.61. The Labute approximate surface area is 103 Å². The lowest BCUT2D eigenvalue weighted by atomic mass is 10.2. The van der Waals surface area contributed by atoms with E-state index in [-0.39, 0.29) is 0 Å². The zero-order valence-electron chi connectivity index (χ0n) is 8.65. The van der Waals surface area contributed by atoms with Crippen LogP contribution in [0.15, 0.2) is 47.1 Å². The Kier molecular flexibility index (Phi) is 3.41. The van der Waals surface area contributed by atoms with Gasteiger partial charge in [0.05, 0.1) is 0 Å². The van der Waals surface area contributed by atoms with Crippen LogP contribution >= 0.6 is 15.9 Å². The third-order valence-corrected chi connectivity index (χ3v) is 2.66. The summed E-state index contributed by atoms with van der Waals surface area (Å²) in [5, 5.41) is 3.32. The van der Waals surface area contributed by atoms with E-state index >= 15 is 0 Å². The molecule has 2 aromatic rings. The molecule has 0 bridgehead atoms. The molecule has 0 amide bonds. The second kappa shape index (κ2) is 4.99. The lowest BCUT2D eigenvalue weighted by Crippen LogP contribution is -2.00. The highest BCUT2D eigenvalue weighted by Crippen LogP contribution is 2.16. The normalized spacial score (nSPS) is 10.1. The van der Waals surface area contributed by atoms with Crippen molar-refractivity contribution in [1.29, 1.82) is 0 Å². The maximum Gasteiger partial charge on any atom is 0.123 e. The van der Waals surface area contributed by atoms with Crippen LogP contribution in [-0.2, 0) is 6.54 Å². The van der Waals surface area contributed by atoms with Crippen LogP contribution in [0.2, 0.25) is 0 Å². The molecular formula is C12H12BrN3. The molecule has 0 spiro atoms. The molecule has 2 rings (SSSR count). The largest absolute Gasteiger partial charge is 0.384 e. The van der Waals surface area contributed by atoms with E-state index in [1.807, 2.05) is 36.4 Å². The van der Waals surface area contributed by atoms with Gasteiger partial charge in [-0.25, -0.2) is 4.98 Å². The van der Waals surface area contributed by atoms with Crippen molar-refractivity contribution < 1.29 is 0 Å². The van der Waals surface area contributed by atoms with E-state index in [2.05, 4.69) is 26.2 Å². The summed E-state index contributed by atoms with van der Waals surface area (Å²) in [6, 6.07) is 11.9. The van der Waals surface area contributed by atoms with Crippen LogP contribution in [0.5, 0.6) is 0 Å². The van der Waals surface area contributed by atoms with Crippen molar-refractivity contribution in [3.05, 3.63) is 52.6 Å². The zero-order chi connectivity index (χ0) is 11.4. The van der Waals surface area contributed by atoms with Crippen molar-refractivity contribution >= 4 is 27.4 Å². The number of nitrogens with two attached hydrogens (primary N) is 1. The average Bonchev–Trinajstić information content (AvgIpc) is 2.27. The molecule has 4 heteroatoms. The number of nitrogens with one attached hydrogen (secondary N) is 1. The molecule has 0 saturated heterocycles. The van der Waals surface area contributed by atoms with Crippen LogP contribution in [0.25, 0.3) is 0 Å². The van der Waals surface area contributed by atoms with Crippen LogP contribution in [0, 0.1) is 0 Å². The monoisotopic (exact) mass is 277 g/mol. The van der Waals surface area contributed by atoms with E-state index < -0.39 is 0 Å². The summed E-state index contributed by atoms with van der Waals surface area (Å²) in [6.45, 7) is 0.739. The Morgan fingerprint density at radius 3 is 2.88 bits per heavy atom. The highest BCUT2D eigenvalue weighted by atomic mass is 79.9. The molecule has 0 aliphatic heterocycles. The summed E-state index contributed by atoms with van der Waals surface area (Å²) in [6.07, 6.45) is 1.72. The fourth-order valence-electron chi connectivity index (χ4n) is 1.41. The molecule has 1 aromatic heterocycles. The van der Waals surface area contributed by atoms with Gasteiger partial charge in [0.25, 0.3) is 0 Å². The summed E-state index contributed by atoms with van der Waals surface area (Å²) in [5.41, 5.74) is 7.80. The molecule has 0 radical (unpaired) electrons. The second-order valence-electron chi connectivity index (χ2n) is 3.45. The van der Waals surface area contributed by atoms with E-state index in [1.54, 1.807) is 6.20 Å². The number of hydrogen-bond acceptors (Lipinski definition) is 3. The third-order valence-electron chi connectivity index (χ3n) is 2.17. The smallest absolute Gasteiger partial charge is 0.123 e. The highest BCUT2D eigenvalue weighted by molar-refractivity contribution is 9.10. The lowest BCUT2D eigenvalue weighted by Gasteiger charge is -2.07. The number of halogens is 1. The first-order chi connectivity index (χ1) is 7.74. The van der Waals surface area contributed by atoms with E-state index in [0.717, 1.165) is 22.3 Å². The Bertz CT molecular complexity index is 440. The van der Waals surface area contributed by atoms with Gasteiger partial charge in [-0.05, 0) is 35.9 Å². The number of anilines is 2. The molecule has 1 heterocycles. The Morgan fingerprint density at radius 2 is 2.12 bits per heavy atom. The maximum absolute atomic E-state index is 5.61. The van der Waals surface area contributed by atoms with Crippen LogP contribution in [0.3, 0.4) is 0 Å². The predicted molar refractivity (Wildman–Crippen MR) is 70.1 cm³/mol. The predicted octanol–water partition coefficient (Wildman–Crippen LogP) is 3.04. The summed E-state index contributed by atoms with van der Waals surface area (Å²) < 4.78 is 1.06. The summed E-state index contributed by atoms with van der Waals surface area (Å²) in [5.74, 6) is 0.550. The standard InChI is InChI=1S/C12H12BrN3/c13-10-2-1-3-11(7-10)16-8-9-4-5-15-12(14)6-9/h1-7,16H,8H2,(H2,14,15). The zero-order valence-corrected chi connectivity index (χ0v) is 10.2. The topological polar surface area (TPSA) is 50.9 Å². The number of benzene rings is 1. The van der Waals surface area contributed by atoms with Crippen molar-refractivity contribution in [3.63, 3.8) is 0 Å². The number of rotatable bonds is 3. The molecule has 82 valence electrons. The molecule has 16 heavy (non-hydrogen) atoms. The lowest BCUT2D eigenvalue weighted by molar-refractivity contribution is 1.13. The van der Waals surface area contributed by atoms with Gasteiger partial charge in [-0.3, -0.25) is 0 Å². The van der Waals surface area contributed by atoms with Crippen LogP contribution in [0.1, 0.15) is 5.56 Å². The van der Waals surface area contributed by atoms with E-state index in [0.29, 0.717) is 5.82 Å². The van der Waals surface area contributed by atoms with Gasteiger partial charge in [0.1, 0.15) is 5.82 Å². The van der Waals surface area contributed by atoms with Gasteiger partial charge in [0.2, 0.25) is 0 Å². The van der Waals surface area contributed by atoms with Crippen molar-refractivity contribution in [2.75, 3.05) is 11.1 Å². The molecule has 0 atom stereocenters. The molecule has 3 N–H and O–H groups in total. The Balaban J connectivity index is 2.02. The third kappa shape index (κ3) is 2.97. The summed E-state index contributed by atoms with van der Waals surface area (Å²) >= 11 is 3.43. The molecule has 1 aromatic carbocycles. The molecule has 3 nitrogen and oxygen atoms in total. The number of aromatic nitrogens is 1. The van der Waals surface area contributed by atoms with Gasteiger partial charge in [-0.15, -0.1) is 0 Å². The highest BCUT2D eigenvalue weighted by Gasteiger charge is 1.96. The fraction of sp³-hybridized carbons (Fsp3) is 0.0833. The van der Waals surface area contributed by atoms with Gasteiger partial charge in [0.15, 0.2) is 0 Å². The van der Waals surface area contributed by atoms with Gasteiger partial charge in [-0.2, -0.15) is 0 Å². The number of pyridine rings is 1. The van der Waals surface area contributed by atoms with E-state index in [9.17, 15) is 0 Å². The number of nitrogens with zero attached hydrogens (tertiary/aromatic N) is 1. The van der Waals surface area contributed by atoms with Crippen LogP contribution < -0.4 is 11.1 Å². The molecule has 0 saturated carbocycles. The molecule has 0 aliphatic rings. The van der Waals surface area contributed by atoms with Gasteiger partial charge in [0, 0.05) is 22.9 Å². The Hall–Kier alpha value is -1.55. The second-order valence-corrected chi connectivity index (χ2v) is 4.37. The van der Waals surface area contributed by atoms with Crippen LogP contribution in [0.4, 0.5) is 11.5 Å². The van der Waals surface area contributed by atoms with Gasteiger partial charge >= 0.3 is 0 Å². The van der Waals surface area contributed by atoms with Gasteiger partial charge < -0.3 is 11.1 Å². The van der Waals surface area contributed by atoms with Gasteiger partial charge in [-0.1, -0.05) is 22.0 Å². The minimum atomic E-state index is 0.550. The minimum Gasteiger partial charge on any atom is -0.384 e. The molecule has 0 aliphatic carbocycles. The summed E-state index contributed by atoms with van der Waals surface area (Å²) in [4.78, 5) is 3.95. The van der Waals surface area contributed by atoms with E-state index in [1.165, 1.54) is 0 Å². The average molecular weight is 278 g/mol. The summed E-state index contributed by atoms with van der Waals surface area (Å²) in [7, 11) is 0. The quantitative estimate of drug-likeness (QED) is 0.907. The van der Waals surface area contributed by atoms with Crippen molar-refractivity contribution in [3.8, 4) is 0 Å². The van der Waals surface area contributed by atoms with Crippen molar-refractivity contribution in [2.24, 2.45) is 0 Å². The number of nitrogen functional groups attached to an aromatic ring is 1. The van der Waals surface area contributed by atoms with Crippen molar-refractivity contribution in [2.45, 2.75) is 6.54 Å².